The van der Waals surface area contributed by atoms with E-state index in [4.69, 9.17) is 9.47 Å². The maximum Gasteiger partial charge on any atom is 0.411 e. The molecule has 2 aliphatic rings. The molecule has 0 spiro atoms. The van der Waals surface area contributed by atoms with Gasteiger partial charge in [-0.1, -0.05) is 36.4 Å². The van der Waals surface area contributed by atoms with Gasteiger partial charge in [0.05, 0.1) is 24.8 Å². The van der Waals surface area contributed by atoms with Crippen molar-refractivity contribution < 1.29 is 32.3 Å². The Morgan fingerprint density at radius 2 is 1.72 bits per heavy atom. The van der Waals surface area contributed by atoms with Crippen molar-refractivity contribution in [2.24, 2.45) is 0 Å². The number of hydrogen-bond acceptors (Lipinski definition) is 7. The highest BCUT2D eigenvalue weighted by molar-refractivity contribution is 7.92. The van der Waals surface area contributed by atoms with Crippen LogP contribution in [0.3, 0.4) is 0 Å². The van der Waals surface area contributed by atoms with Crippen LogP contribution in [0.1, 0.15) is 18.4 Å². The van der Waals surface area contributed by atoms with Gasteiger partial charge >= 0.3 is 12.1 Å². The first-order valence-electron chi connectivity index (χ1n) is 9.90. The van der Waals surface area contributed by atoms with Crippen LogP contribution in [0.5, 0.6) is 0 Å². The SMILES string of the molecule is COC(=O)[C@@H]1C[C@@]2(CC=O)c3ccccc3N(S(=O)(=O)c3ccccc3)[C@@H]2N1C(=O)OC. The van der Waals surface area contributed by atoms with Gasteiger partial charge in [0.2, 0.25) is 0 Å². The zero-order valence-electron chi connectivity index (χ0n) is 17.5. The van der Waals surface area contributed by atoms with Gasteiger partial charge in [-0.15, -0.1) is 0 Å². The minimum Gasteiger partial charge on any atom is -0.467 e. The van der Waals surface area contributed by atoms with E-state index in [1.807, 2.05) is 0 Å². The third-order valence-electron chi connectivity index (χ3n) is 6.16. The Balaban J connectivity index is 2.01. The molecule has 0 radical (unpaired) electrons. The highest BCUT2D eigenvalue weighted by atomic mass is 32.2. The van der Waals surface area contributed by atoms with E-state index in [9.17, 15) is 22.8 Å². The fourth-order valence-electron chi connectivity index (χ4n) is 4.87. The van der Waals surface area contributed by atoms with Gasteiger partial charge < -0.3 is 14.3 Å². The number of amides is 1. The first-order chi connectivity index (χ1) is 15.3. The summed E-state index contributed by atoms with van der Waals surface area (Å²) in [4.78, 5) is 38.4. The van der Waals surface area contributed by atoms with Crippen molar-refractivity contribution in [2.45, 2.75) is 35.4 Å². The molecule has 0 aliphatic carbocycles. The molecule has 0 N–H and O–H groups in total. The Morgan fingerprint density at radius 1 is 1.06 bits per heavy atom. The first-order valence-corrected chi connectivity index (χ1v) is 11.3. The predicted molar refractivity (Wildman–Crippen MR) is 113 cm³/mol. The molecule has 2 aliphatic heterocycles. The van der Waals surface area contributed by atoms with Gasteiger partial charge in [0.25, 0.3) is 10.0 Å². The molecule has 1 amide bonds. The van der Waals surface area contributed by atoms with Crippen molar-refractivity contribution in [1.82, 2.24) is 4.90 Å². The Labute approximate surface area is 185 Å². The van der Waals surface area contributed by atoms with E-state index in [0.717, 1.165) is 16.3 Å². The second-order valence-electron chi connectivity index (χ2n) is 7.65. The number of hydrogen-bond donors (Lipinski definition) is 0. The van der Waals surface area contributed by atoms with Gasteiger partial charge in [-0.25, -0.2) is 22.3 Å². The number of methoxy groups -OCH3 is 2. The summed E-state index contributed by atoms with van der Waals surface area (Å²) in [5, 5.41) is 0. The third kappa shape index (κ3) is 2.97. The summed E-state index contributed by atoms with van der Waals surface area (Å²) in [6.07, 6.45) is -1.49. The third-order valence-corrected chi connectivity index (χ3v) is 7.94. The number of fused-ring (bicyclic) bond motifs is 3. The number of likely N-dealkylation sites (tertiary alicyclic amines) is 1. The lowest BCUT2D eigenvalue weighted by atomic mass is 9.76. The number of carbonyl (C=O) groups is 3. The molecule has 10 heteroatoms. The molecule has 0 saturated carbocycles. The predicted octanol–water partition coefficient (Wildman–Crippen LogP) is 2.06. The fraction of sp³-hybridized carbons (Fsp3) is 0.318. The number of para-hydroxylation sites is 1. The Kier molecular flexibility index (Phi) is 5.41. The number of sulfonamides is 1. The topological polar surface area (TPSA) is 110 Å². The number of aldehydes is 1. The summed E-state index contributed by atoms with van der Waals surface area (Å²) >= 11 is 0. The molecule has 0 bridgehead atoms. The highest BCUT2D eigenvalue weighted by Gasteiger charge is 2.66. The zero-order valence-corrected chi connectivity index (χ0v) is 18.3. The lowest BCUT2D eigenvalue weighted by Crippen LogP contribution is -2.56. The summed E-state index contributed by atoms with van der Waals surface area (Å²) in [6, 6.07) is 13.4. The van der Waals surface area contributed by atoms with Gasteiger partial charge in [-0.05, 0) is 30.2 Å². The molecule has 9 nitrogen and oxygen atoms in total. The second-order valence-corrected chi connectivity index (χ2v) is 9.47. The number of rotatable bonds is 5. The normalized spacial score (nSPS) is 23.9. The van der Waals surface area contributed by atoms with E-state index in [2.05, 4.69) is 0 Å². The van der Waals surface area contributed by atoms with Crippen LogP contribution in [0.15, 0.2) is 59.5 Å². The minimum atomic E-state index is -4.18. The molecule has 32 heavy (non-hydrogen) atoms. The molecule has 2 heterocycles. The summed E-state index contributed by atoms with van der Waals surface area (Å²) < 4.78 is 38.6. The molecule has 168 valence electrons. The van der Waals surface area contributed by atoms with Crippen LogP contribution in [0.25, 0.3) is 0 Å². The van der Waals surface area contributed by atoms with Gasteiger partial charge in [0, 0.05) is 11.8 Å². The molecule has 2 aromatic rings. The number of anilines is 1. The van der Waals surface area contributed by atoms with E-state index in [0.29, 0.717) is 17.5 Å². The average Bonchev–Trinajstić information content (AvgIpc) is 3.28. The van der Waals surface area contributed by atoms with Crippen LogP contribution in [-0.2, 0) is 34.5 Å². The highest BCUT2D eigenvalue weighted by Crippen LogP contribution is 2.57. The van der Waals surface area contributed by atoms with Crippen LogP contribution in [-0.4, -0.2) is 58.1 Å². The number of carbonyl (C=O) groups excluding carboxylic acids is 3. The number of esters is 1. The lowest BCUT2D eigenvalue weighted by Gasteiger charge is -2.36. The molecular weight excluding hydrogens is 436 g/mol. The Hall–Kier alpha value is -3.40. The van der Waals surface area contributed by atoms with Gasteiger partial charge in [0.1, 0.15) is 18.5 Å². The zero-order chi connectivity index (χ0) is 23.1. The maximum absolute atomic E-state index is 13.8. The van der Waals surface area contributed by atoms with Crippen LogP contribution in [0, 0.1) is 0 Å². The molecule has 0 unspecified atom stereocenters. The van der Waals surface area contributed by atoms with E-state index >= 15 is 0 Å². The van der Waals surface area contributed by atoms with Gasteiger partial charge in [0.15, 0.2) is 0 Å². The largest absolute Gasteiger partial charge is 0.467 e. The number of benzene rings is 2. The maximum atomic E-state index is 13.8. The molecule has 1 saturated heterocycles. The molecule has 0 aromatic heterocycles. The summed E-state index contributed by atoms with van der Waals surface area (Å²) in [5.74, 6) is -0.718. The van der Waals surface area contributed by atoms with Crippen molar-refractivity contribution in [3.05, 3.63) is 60.2 Å². The standard InChI is InChI=1S/C22H22N2O7S/c1-30-19(26)18-14-22(12-13-25)16-10-6-7-11-17(16)24(20(22)23(18)21(27)31-2)32(28,29)15-8-4-3-5-9-15/h3-11,13,18,20H,12,14H2,1-2H3/t18-,20-,22-/m0/s1. The first kappa shape index (κ1) is 21.8. The van der Waals surface area contributed by atoms with Crippen LogP contribution < -0.4 is 4.31 Å². The van der Waals surface area contributed by atoms with Crippen molar-refractivity contribution in [3.8, 4) is 0 Å². The molecular formula is C22H22N2O7S. The summed E-state index contributed by atoms with van der Waals surface area (Å²) in [7, 11) is -1.84. The van der Waals surface area contributed by atoms with E-state index in [1.165, 1.54) is 19.2 Å². The molecule has 1 fully saturated rings. The minimum absolute atomic E-state index is 0.00992. The van der Waals surface area contributed by atoms with Crippen molar-refractivity contribution in [1.29, 1.82) is 0 Å². The number of nitrogens with zero attached hydrogens (tertiary/aromatic N) is 2. The summed E-state index contributed by atoms with van der Waals surface area (Å²) in [6.45, 7) is 0. The average molecular weight is 458 g/mol. The van der Waals surface area contributed by atoms with Crippen LogP contribution in [0.2, 0.25) is 0 Å². The Bertz CT molecular complexity index is 1170. The van der Waals surface area contributed by atoms with Gasteiger partial charge in [-0.3, -0.25) is 4.90 Å². The number of ether oxygens (including phenoxy) is 2. The monoisotopic (exact) mass is 458 g/mol. The summed E-state index contributed by atoms with van der Waals surface area (Å²) in [5.41, 5.74) is -0.231. The van der Waals surface area contributed by atoms with Gasteiger partial charge in [-0.2, -0.15) is 0 Å². The van der Waals surface area contributed by atoms with Crippen LogP contribution >= 0.6 is 0 Å². The molecule has 3 atom stereocenters. The quantitative estimate of drug-likeness (QED) is 0.498. The van der Waals surface area contributed by atoms with E-state index in [-0.39, 0.29) is 17.7 Å². The van der Waals surface area contributed by atoms with Crippen molar-refractivity contribution in [2.75, 3.05) is 18.5 Å². The lowest BCUT2D eigenvalue weighted by molar-refractivity contribution is -0.145. The van der Waals surface area contributed by atoms with Crippen molar-refractivity contribution >= 4 is 34.1 Å². The van der Waals surface area contributed by atoms with E-state index in [1.54, 1.807) is 42.5 Å². The second kappa shape index (κ2) is 7.94. The smallest absolute Gasteiger partial charge is 0.411 e. The molecule has 2 aromatic carbocycles. The molecule has 4 rings (SSSR count). The Morgan fingerprint density at radius 3 is 2.34 bits per heavy atom. The van der Waals surface area contributed by atoms with Crippen molar-refractivity contribution in [3.63, 3.8) is 0 Å². The van der Waals surface area contributed by atoms with Crippen LogP contribution in [0.4, 0.5) is 10.5 Å². The van der Waals surface area contributed by atoms with E-state index < -0.39 is 39.7 Å². The fourth-order valence-corrected chi connectivity index (χ4v) is 6.58.